The fourth-order valence-electron chi connectivity index (χ4n) is 2.32. The zero-order valence-electron chi connectivity index (χ0n) is 11.7. The van der Waals surface area contributed by atoms with Gasteiger partial charge in [0.05, 0.1) is 11.4 Å². The summed E-state index contributed by atoms with van der Waals surface area (Å²) in [6.07, 6.45) is 5.49. The molecule has 0 aromatic carbocycles. The minimum Gasteiger partial charge on any atom is -0.259 e. The summed E-state index contributed by atoms with van der Waals surface area (Å²) in [5, 5.41) is 0. The van der Waals surface area contributed by atoms with Gasteiger partial charge in [-0.05, 0) is 32.0 Å². The van der Waals surface area contributed by atoms with E-state index in [1.54, 1.807) is 6.20 Å². The fourth-order valence-corrected chi connectivity index (χ4v) is 2.32. The van der Waals surface area contributed by atoms with E-state index in [0.717, 1.165) is 41.5 Å². The second kappa shape index (κ2) is 5.33. The Hall–Kier alpha value is -2.36. The van der Waals surface area contributed by atoms with Gasteiger partial charge < -0.3 is 0 Å². The van der Waals surface area contributed by atoms with Gasteiger partial charge in [0.15, 0.2) is 5.82 Å². The number of aliphatic imine (C=N–C) groups is 2. The Morgan fingerprint density at radius 1 is 0.850 bits per heavy atom. The topological polar surface area (TPSA) is 50.5 Å². The van der Waals surface area contributed by atoms with Crippen molar-refractivity contribution in [2.75, 3.05) is 0 Å². The van der Waals surface area contributed by atoms with Crippen molar-refractivity contribution in [3.63, 3.8) is 0 Å². The third-order valence-corrected chi connectivity index (χ3v) is 3.21. The predicted octanol–water partition coefficient (Wildman–Crippen LogP) is 3.46. The zero-order valence-corrected chi connectivity index (χ0v) is 11.7. The molecule has 2 aromatic heterocycles. The second-order valence-corrected chi connectivity index (χ2v) is 5.00. The molecule has 0 atom stereocenters. The SMILES string of the molecule is CC1=Nc2cccnc2C1.CC1=Nc2ncccc2C1. The van der Waals surface area contributed by atoms with Gasteiger partial charge in [-0.25, -0.2) is 9.98 Å². The number of pyridine rings is 2. The van der Waals surface area contributed by atoms with E-state index in [1.807, 2.05) is 38.2 Å². The summed E-state index contributed by atoms with van der Waals surface area (Å²) < 4.78 is 0. The maximum absolute atomic E-state index is 4.31. The summed E-state index contributed by atoms with van der Waals surface area (Å²) in [7, 11) is 0. The van der Waals surface area contributed by atoms with Gasteiger partial charge in [0.1, 0.15) is 0 Å². The number of hydrogen-bond donors (Lipinski definition) is 0. The normalized spacial score (nSPS) is 14.7. The van der Waals surface area contributed by atoms with E-state index in [1.165, 1.54) is 5.56 Å². The Labute approximate surface area is 118 Å². The number of aromatic nitrogens is 2. The predicted molar refractivity (Wildman–Crippen MR) is 81.4 cm³/mol. The van der Waals surface area contributed by atoms with Crippen LogP contribution < -0.4 is 0 Å². The lowest BCUT2D eigenvalue weighted by Gasteiger charge is -1.90. The van der Waals surface area contributed by atoms with Gasteiger partial charge in [-0.3, -0.25) is 9.98 Å². The van der Waals surface area contributed by atoms with Crippen LogP contribution in [0.1, 0.15) is 25.1 Å². The third kappa shape index (κ3) is 2.64. The van der Waals surface area contributed by atoms with Crippen molar-refractivity contribution in [2.45, 2.75) is 26.7 Å². The Morgan fingerprint density at radius 3 is 2.40 bits per heavy atom. The summed E-state index contributed by atoms with van der Waals surface area (Å²) in [4.78, 5) is 16.9. The van der Waals surface area contributed by atoms with E-state index in [-0.39, 0.29) is 0 Å². The summed E-state index contributed by atoms with van der Waals surface area (Å²) >= 11 is 0. The van der Waals surface area contributed by atoms with Crippen LogP contribution in [0.5, 0.6) is 0 Å². The van der Waals surface area contributed by atoms with Crippen LogP contribution in [-0.4, -0.2) is 21.4 Å². The molecule has 0 aliphatic carbocycles. The molecule has 2 aliphatic rings. The average Bonchev–Trinajstić information content (AvgIpc) is 2.99. The first-order chi connectivity index (χ1) is 9.72. The van der Waals surface area contributed by atoms with Gasteiger partial charge in [0, 0.05) is 42.2 Å². The molecule has 0 bridgehead atoms. The highest BCUT2D eigenvalue weighted by Gasteiger charge is 2.10. The Bertz CT molecular complexity index is 640. The van der Waals surface area contributed by atoms with Crippen LogP contribution >= 0.6 is 0 Å². The van der Waals surface area contributed by atoms with Crippen LogP contribution in [0.25, 0.3) is 0 Å². The lowest BCUT2D eigenvalue weighted by Crippen LogP contribution is -1.90. The molecule has 2 aromatic rings. The smallest absolute Gasteiger partial charge is 0.155 e. The fraction of sp³-hybridized carbons (Fsp3) is 0.250. The Balaban J connectivity index is 0.000000121. The molecule has 0 saturated heterocycles. The molecular weight excluding hydrogens is 248 g/mol. The Kier molecular flexibility index (Phi) is 3.37. The lowest BCUT2D eigenvalue weighted by atomic mass is 10.2. The van der Waals surface area contributed by atoms with Crippen molar-refractivity contribution < 1.29 is 0 Å². The summed E-state index contributed by atoms with van der Waals surface area (Å²) in [5.74, 6) is 0.903. The highest BCUT2D eigenvalue weighted by atomic mass is 14.9. The largest absolute Gasteiger partial charge is 0.259 e. The molecule has 4 heterocycles. The maximum atomic E-state index is 4.31. The molecule has 4 heteroatoms. The molecule has 4 rings (SSSR count). The molecule has 0 N–H and O–H groups in total. The van der Waals surface area contributed by atoms with Crippen LogP contribution in [-0.2, 0) is 12.8 Å². The highest BCUT2D eigenvalue weighted by molar-refractivity contribution is 5.91. The number of fused-ring (bicyclic) bond motifs is 2. The number of hydrogen-bond acceptors (Lipinski definition) is 4. The van der Waals surface area contributed by atoms with E-state index >= 15 is 0 Å². The minimum atomic E-state index is 0.903. The van der Waals surface area contributed by atoms with Crippen LogP contribution in [0.3, 0.4) is 0 Å². The molecular formula is C16H16N4. The first kappa shape index (κ1) is 12.7. The van der Waals surface area contributed by atoms with Crippen molar-refractivity contribution in [2.24, 2.45) is 9.98 Å². The molecule has 0 radical (unpaired) electrons. The van der Waals surface area contributed by atoms with E-state index in [4.69, 9.17) is 0 Å². The maximum Gasteiger partial charge on any atom is 0.155 e. The van der Waals surface area contributed by atoms with Gasteiger partial charge >= 0.3 is 0 Å². The number of rotatable bonds is 0. The van der Waals surface area contributed by atoms with Crippen LogP contribution in [0.15, 0.2) is 46.6 Å². The van der Waals surface area contributed by atoms with Crippen molar-refractivity contribution in [1.29, 1.82) is 0 Å². The van der Waals surface area contributed by atoms with Crippen molar-refractivity contribution in [3.8, 4) is 0 Å². The van der Waals surface area contributed by atoms with Crippen LogP contribution in [0, 0.1) is 0 Å². The summed E-state index contributed by atoms with van der Waals surface area (Å²) in [6, 6.07) is 7.94. The Morgan fingerprint density at radius 2 is 1.60 bits per heavy atom. The first-order valence-corrected chi connectivity index (χ1v) is 6.68. The van der Waals surface area contributed by atoms with Gasteiger partial charge in [0.2, 0.25) is 0 Å². The first-order valence-electron chi connectivity index (χ1n) is 6.68. The van der Waals surface area contributed by atoms with Crippen LogP contribution in [0.2, 0.25) is 0 Å². The molecule has 0 saturated carbocycles. The molecule has 2 aliphatic heterocycles. The lowest BCUT2D eigenvalue weighted by molar-refractivity contribution is 1.17. The van der Waals surface area contributed by atoms with Gasteiger partial charge in [0.25, 0.3) is 0 Å². The van der Waals surface area contributed by atoms with E-state index in [9.17, 15) is 0 Å². The molecule has 0 unspecified atom stereocenters. The zero-order chi connectivity index (χ0) is 13.9. The third-order valence-electron chi connectivity index (χ3n) is 3.21. The van der Waals surface area contributed by atoms with E-state index in [0.29, 0.717) is 0 Å². The molecule has 20 heavy (non-hydrogen) atoms. The molecule has 0 spiro atoms. The standard InChI is InChI=1S/2C8H8N2/c1-6-5-8-7(10-6)3-2-4-9-8;1-6-5-7-3-2-4-9-8(7)10-6/h2*2-4H,5H2,1H3. The van der Waals surface area contributed by atoms with Gasteiger partial charge in [-0.2, -0.15) is 0 Å². The molecule has 0 fully saturated rings. The molecule has 0 amide bonds. The molecule has 100 valence electrons. The summed E-state index contributed by atoms with van der Waals surface area (Å²) in [5.41, 5.74) is 5.72. The van der Waals surface area contributed by atoms with Crippen molar-refractivity contribution >= 4 is 22.9 Å². The molecule has 4 nitrogen and oxygen atoms in total. The summed E-state index contributed by atoms with van der Waals surface area (Å²) in [6.45, 7) is 4.06. The number of nitrogens with zero attached hydrogens (tertiary/aromatic N) is 4. The minimum absolute atomic E-state index is 0.903. The van der Waals surface area contributed by atoms with Gasteiger partial charge in [-0.1, -0.05) is 6.07 Å². The van der Waals surface area contributed by atoms with E-state index in [2.05, 4.69) is 26.0 Å². The average molecular weight is 264 g/mol. The van der Waals surface area contributed by atoms with Crippen LogP contribution in [0.4, 0.5) is 11.5 Å². The van der Waals surface area contributed by atoms with Gasteiger partial charge in [-0.15, -0.1) is 0 Å². The van der Waals surface area contributed by atoms with Crippen molar-refractivity contribution in [1.82, 2.24) is 9.97 Å². The van der Waals surface area contributed by atoms with Crippen molar-refractivity contribution in [3.05, 3.63) is 47.9 Å². The second-order valence-electron chi connectivity index (χ2n) is 5.00. The monoisotopic (exact) mass is 264 g/mol. The quantitative estimate of drug-likeness (QED) is 0.731. The highest BCUT2D eigenvalue weighted by Crippen LogP contribution is 2.23. The van der Waals surface area contributed by atoms with E-state index < -0.39 is 0 Å².